The van der Waals surface area contributed by atoms with Gasteiger partial charge in [-0.1, -0.05) is 50.2 Å². The van der Waals surface area contributed by atoms with Crippen LogP contribution >= 0.6 is 0 Å². The zero-order valence-corrected chi connectivity index (χ0v) is 23.3. The lowest BCUT2D eigenvalue weighted by molar-refractivity contribution is -0.123. The molecule has 3 aromatic carbocycles. The Balaban J connectivity index is 1.64. The normalized spacial score (nSPS) is 20.2. The van der Waals surface area contributed by atoms with Crippen LogP contribution in [0, 0.1) is 11.8 Å². The van der Waals surface area contributed by atoms with Gasteiger partial charge in [0.1, 0.15) is 11.5 Å². The van der Waals surface area contributed by atoms with E-state index >= 15 is 0 Å². The van der Waals surface area contributed by atoms with E-state index in [4.69, 9.17) is 14.5 Å². The highest BCUT2D eigenvalue weighted by Gasteiger charge is 2.46. The summed E-state index contributed by atoms with van der Waals surface area (Å²) in [5.74, 6) is -0.202. The lowest BCUT2D eigenvalue weighted by atomic mass is 9.72. The molecule has 3 aromatic rings. The second-order valence-corrected chi connectivity index (χ2v) is 10.8. The lowest BCUT2D eigenvalue weighted by Gasteiger charge is -2.39. The predicted octanol–water partition coefficient (Wildman–Crippen LogP) is 6.45. The van der Waals surface area contributed by atoms with Gasteiger partial charge >= 0.3 is 5.97 Å². The smallest absolute Gasteiger partial charge is 0.337 e. The maximum absolute atomic E-state index is 14.1. The number of ether oxygens (including phenoxy) is 2. The minimum Gasteiger partial charge on any atom is -0.497 e. The molecule has 0 N–H and O–H groups in total. The molecule has 2 aliphatic rings. The molecule has 0 aromatic heterocycles. The molecule has 1 aliphatic heterocycles. The van der Waals surface area contributed by atoms with Gasteiger partial charge in [-0.15, -0.1) is 0 Å². The molecular weight excluding hydrogens is 504 g/mol. The van der Waals surface area contributed by atoms with E-state index in [0.29, 0.717) is 36.2 Å². The number of para-hydroxylation sites is 2. The molecule has 0 spiro atoms. The van der Waals surface area contributed by atoms with Crippen LogP contribution in [-0.2, 0) is 14.3 Å². The Hall–Kier alpha value is -4.26. The third-order valence-electron chi connectivity index (χ3n) is 7.72. The molecule has 1 saturated carbocycles. The summed E-state index contributed by atoms with van der Waals surface area (Å²) < 4.78 is 10.2. The number of methoxy groups -OCH3 is 2. The fraction of sp³-hybridized carbons (Fsp3) is 0.333. The van der Waals surface area contributed by atoms with Gasteiger partial charge < -0.3 is 14.4 Å². The van der Waals surface area contributed by atoms with Crippen molar-refractivity contribution in [3.63, 3.8) is 0 Å². The number of hydrogen-bond donors (Lipinski definition) is 0. The van der Waals surface area contributed by atoms with E-state index in [2.05, 4.69) is 0 Å². The highest BCUT2D eigenvalue weighted by atomic mass is 16.5. The van der Waals surface area contributed by atoms with Crippen LogP contribution in [0.1, 0.15) is 66.6 Å². The number of amides is 1. The summed E-state index contributed by atoms with van der Waals surface area (Å²) in [6, 6.07) is 21.8. The summed E-state index contributed by atoms with van der Waals surface area (Å²) in [5.41, 5.74) is 4.37. The predicted molar refractivity (Wildman–Crippen MR) is 154 cm³/mol. The van der Waals surface area contributed by atoms with Gasteiger partial charge in [0.15, 0.2) is 0 Å². The second kappa shape index (κ2) is 11.5. The van der Waals surface area contributed by atoms with E-state index in [0.717, 1.165) is 22.6 Å². The Labute approximate surface area is 234 Å². The van der Waals surface area contributed by atoms with Crippen molar-refractivity contribution in [3.8, 4) is 5.75 Å². The van der Waals surface area contributed by atoms with Gasteiger partial charge in [-0.05, 0) is 65.8 Å². The Morgan fingerprint density at radius 3 is 2.25 bits per heavy atom. The van der Waals surface area contributed by atoms with Crippen LogP contribution in [0.4, 0.5) is 11.4 Å². The molecule has 1 amide bonds. The van der Waals surface area contributed by atoms with Gasteiger partial charge in [-0.25, -0.2) is 4.79 Å². The number of Topliss-reactive ketones (excluding diaryl/α,β-unsaturated/α-hetero) is 1. The Bertz CT molecular complexity index is 1440. The first-order chi connectivity index (χ1) is 19.3. The van der Waals surface area contributed by atoms with E-state index in [9.17, 15) is 14.4 Å². The highest BCUT2D eigenvalue weighted by Crippen LogP contribution is 2.47. The molecule has 40 heavy (non-hydrogen) atoms. The zero-order chi connectivity index (χ0) is 28.4. The van der Waals surface area contributed by atoms with Crippen molar-refractivity contribution in [1.82, 2.24) is 0 Å². The van der Waals surface area contributed by atoms with Crippen LogP contribution in [0.3, 0.4) is 0 Å². The van der Waals surface area contributed by atoms with Crippen molar-refractivity contribution in [1.29, 1.82) is 0 Å². The number of nitrogens with zero attached hydrogens (tertiary/aromatic N) is 2. The molecule has 3 unspecified atom stereocenters. The Morgan fingerprint density at radius 1 is 0.925 bits per heavy atom. The number of anilines is 1. The van der Waals surface area contributed by atoms with E-state index in [1.54, 1.807) is 24.1 Å². The highest BCUT2D eigenvalue weighted by molar-refractivity contribution is 6.13. The summed E-state index contributed by atoms with van der Waals surface area (Å²) in [6.45, 7) is 4.02. The largest absolute Gasteiger partial charge is 0.497 e. The molecular formula is C33H34N2O5. The number of carbonyl (C=O) groups excluding carboxylic acids is 3. The average molecular weight is 539 g/mol. The average Bonchev–Trinajstić information content (AvgIpc) is 3.11. The quantitative estimate of drug-likeness (QED) is 0.337. The van der Waals surface area contributed by atoms with Gasteiger partial charge in [-0.3, -0.25) is 14.6 Å². The van der Waals surface area contributed by atoms with E-state index in [-0.39, 0.29) is 23.5 Å². The van der Waals surface area contributed by atoms with Crippen LogP contribution < -0.4 is 9.64 Å². The zero-order valence-electron chi connectivity index (χ0n) is 23.3. The molecule has 3 atom stereocenters. The topological polar surface area (TPSA) is 85.3 Å². The van der Waals surface area contributed by atoms with Crippen LogP contribution in [0.5, 0.6) is 5.75 Å². The fourth-order valence-electron chi connectivity index (χ4n) is 5.82. The van der Waals surface area contributed by atoms with Crippen LogP contribution in [0.15, 0.2) is 77.8 Å². The number of ketones is 1. The minimum absolute atomic E-state index is 0.0270. The van der Waals surface area contributed by atoms with Crippen LogP contribution in [0.2, 0.25) is 0 Å². The standard InChI is InChI=1S/C33H34N2O5/c1-20(2)17-30(37)35-28-8-6-5-7-26(28)34-27-18-24(21-13-15-25(39-3)16-14-21)19-29(36)31(27)32(35)22-9-11-23(12-10-22)33(38)40-4/h5-16,20,24,31-32H,17-19H2,1-4H3. The van der Waals surface area contributed by atoms with Crippen molar-refractivity contribution in [2.75, 3.05) is 19.1 Å². The summed E-state index contributed by atoms with van der Waals surface area (Å²) in [4.78, 5) is 47.0. The molecule has 1 heterocycles. The summed E-state index contributed by atoms with van der Waals surface area (Å²) in [6.07, 6.45) is 1.27. The maximum Gasteiger partial charge on any atom is 0.337 e. The number of rotatable bonds is 6. The summed E-state index contributed by atoms with van der Waals surface area (Å²) in [7, 11) is 2.97. The van der Waals surface area contributed by atoms with Crippen molar-refractivity contribution < 1.29 is 23.9 Å². The van der Waals surface area contributed by atoms with Gasteiger partial charge in [0.25, 0.3) is 0 Å². The molecule has 0 saturated heterocycles. The molecule has 5 rings (SSSR count). The number of carbonyl (C=O) groups is 3. The van der Waals surface area contributed by atoms with Crippen molar-refractivity contribution in [2.45, 2.75) is 45.1 Å². The Kier molecular flexibility index (Phi) is 7.83. The lowest BCUT2D eigenvalue weighted by Crippen LogP contribution is -2.45. The third-order valence-corrected chi connectivity index (χ3v) is 7.72. The molecule has 0 bridgehead atoms. The first-order valence-corrected chi connectivity index (χ1v) is 13.6. The monoisotopic (exact) mass is 538 g/mol. The molecule has 7 heteroatoms. The van der Waals surface area contributed by atoms with E-state index < -0.39 is 17.9 Å². The second-order valence-electron chi connectivity index (χ2n) is 10.8. The maximum atomic E-state index is 14.1. The molecule has 7 nitrogen and oxygen atoms in total. The van der Waals surface area contributed by atoms with Gasteiger partial charge in [0.05, 0.1) is 43.1 Å². The SMILES string of the molecule is COC(=O)c1ccc(C2C3C(=O)CC(c4ccc(OC)cc4)CC3=Nc3ccccc3N2C(=O)CC(C)C)cc1. The van der Waals surface area contributed by atoms with Crippen LogP contribution in [0.25, 0.3) is 0 Å². The molecule has 1 aliphatic carbocycles. The van der Waals surface area contributed by atoms with Crippen molar-refractivity contribution in [2.24, 2.45) is 16.8 Å². The number of aliphatic imine (C=N–C) groups is 1. The van der Waals surface area contributed by atoms with Crippen LogP contribution in [-0.4, -0.2) is 37.6 Å². The first-order valence-electron chi connectivity index (χ1n) is 13.6. The molecule has 206 valence electrons. The number of benzene rings is 3. The summed E-state index contributed by atoms with van der Waals surface area (Å²) >= 11 is 0. The number of fused-ring (bicyclic) bond motifs is 2. The number of esters is 1. The number of hydrogen-bond acceptors (Lipinski definition) is 6. The minimum atomic E-state index is -0.609. The fourth-order valence-corrected chi connectivity index (χ4v) is 5.82. The third kappa shape index (κ3) is 5.28. The first kappa shape index (κ1) is 27.3. The van der Waals surface area contributed by atoms with Gasteiger partial charge in [-0.2, -0.15) is 0 Å². The van der Waals surface area contributed by atoms with Gasteiger partial charge in [0.2, 0.25) is 5.91 Å². The van der Waals surface area contributed by atoms with E-state index in [1.165, 1.54) is 7.11 Å². The van der Waals surface area contributed by atoms with Gasteiger partial charge in [0, 0.05) is 18.6 Å². The van der Waals surface area contributed by atoms with E-state index in [1.807, 2.05) is 74.5 Å². The molecule has 0 radical (unpaired) electrons. The van der Waals surface area contributed by atoms with Crippen molar-refractivity contribution >= 4 is 34.7 Å². The molecule has 1 fully saturated rings. The Morgan fingerprint density at radius 2 is 1.60 bits per heavy atom. The summed E-state index contributed by atoms with van der Waals surface area (Å²) in [5, 5.41) is 0. The van der Waals surface area contributed by atoms with Crippen molar-refractivity contribution in [3.05, 3.63) is 89.5 Å².